The maximum atomic E-state index is 4.64. The Kier molecular flexibility index (Phi) is 2.76. The van der Waals surface area contributed by atoms with Crippen LogP contribution in [0.25, 0.3) is 0 Å². The molecular weight excluding hydrogens is 80.1 g/mol. The maximum absolute atomic E-state index is 4.64. The zero-order valence-corrected chi connectivity index (χ0v) is 4.43. The molecule has 0 amide bonds. The van der Waals surface area contributed by atoms with Crippen molar-refractivity contribution in [2.24, 2.45) is 0 Å². The molecule has 0 saturated heterocycles. The Balaban J connectivity index is 2.54. The highest BCUT2D eigenvalue weighted by Gasteiger charge is 1.82. The van der Waals surface area contributed by atoms with Gasteiger partial charge >= 0.3 is 0 Å². The minimum Gasteiger partial charge on any atom is -0.0936 e. The van der Waals surface area contributed by atoms with Gasteiger partial charge in [0.15, 0.2) is 0 Å². The second-order valence-corrected chi connectivity index (χ2v) is 1.64. The normalized spacial score (nSPS) is 9.60. The van der Waals surface area contributed by atoms with Crippen molar-refractivity contribution >= 4 is 12.6 Å². The Bertz CT molecular complexity index is 17.6. The number of hydrogen-bond acceptors (Lipinski definition) is 0. The van der Waals surface area contributed by atoms with E-state index in [1.54, 1.807) is 0 Å². The molecule has 0 aromatic rings. The smallest absolute Gasteiger partial charge is 0.00937 e. The lowest BCUT2D eigenvalue weighted by Crippen LogP contribution is -1.79. The van der Waals surface area contributed by atoms with Crippen LogP contribution in [0.2, 0.25) is 0 Å². The molecule has 0 heterocycles. The zero-order chi connectivity index (χ0) is 4.28. The molecule has 0 unspecified atom stereocenters. The molecule has 1 heteroatoms. The van der Waals surface area contributed by atoms with E-state index in [0.717, 1.165) is 5.75 Å². The van der Waals surface area contributed by atoms with E-state index < -0.39 is 0 Å². The monoisotopic (exact) mass is 88.0 g/mol. The highest BCUT2D eigenvalue weighted by atomic mass is 32.1. The summed E-state index contributed by atoms with van der Waals surface area (Å²) in [6.07, 6.45) is 0. The predicted molar refractivity (Wildman–Crippen MR) is 27.0 cm³/mol. The van der Waals surface area contributed by atoms with E-state index >= 15 is 0 Å². The quantitative estimate of drug-likeness (QED) is 0.458. The van der Waals surface area contributed by atoms with E-state index in [1.807, 2.05) is 13.8 Å². The minimum atomic E-state index is 0.806. The van der Waals surface area contributed by atoms with Gasteiger partial charge in [0, 0.05) is 5.75 Å². The van der Waals surface area contributed by atoms with Crippen LogP contribution in [0.15, 0.2) is 0 Å². The van der Waals surface area contributed by atoms with Crippen molar-refractivity contribution in [2.45, 2.75) is 13.8 Å². The molecule has 0 bridgehead atoms. The summed E-state index contributed by atoms with van der Waals surface area (Å²) in [5.74, 6) is 2.12. The maximum Gasteiger partial charge on any atom is 0.00937 e. The van der Waals surface area contributed by atoms with Gasteiger partial charge in [-0.1, -0.05) is 26.5 Å². The molecule has 0 aliphatic carbocycles. The summed E-state index contributed by atoms with van der Waals surface area (Å²) in [5.41, 5.74) is 0. The molecule has 2 radical (unpaired) electrons. The lowest BCUT2D eigenvalue weighted by molar-refractivity contribution is 1.12. The molecule has 5 heavy (non-hydrogen) atoms. The van der Waals surface area contributed by atoms with Crippen LogP contribution in [0.1, 0.15) is 13.8 Å². The fourth-order valence-corrected chi connectivity index (χ4v) is 0. The fourth-order valence-electron chi connectivity index (χ4n) is 0. The van der Waals surface area contributed by atoms with E-state index in [0.29, 0.717) is 0 Å². The van der Waals surface area contributed by atoms with Crippen LogP contribution in [-0.2, 0) is 0 Å². The predicted octanol–water partition coefficient (Wildman–Crippen LogP) is 1.80. The summed E-state index contributed by atoms with van der Waals surface area (Å²) in [6.45, 7) is 4.07. The number of rotatable bonds is 1. The Morgan fingerprint density at radius 3 is 1.80 bits per heavy atom. The summed E-state index contributed by atoms with van der Waals surface area (Å²) >= 11 is 4.64. The standard InChI is InChI=1S/C4H8S/c1-4(2)3-5/h3H2,1-2H3. The first-order valence-corrected chi connectivity index (χ1v) is 2.22. The lowest BCUT2D eigenvalue weighted by atomic mass is 10.3. The van der Waals surface area contributed by atoms with E-state index in [1.165, 1.54) is 5.92 Å². The second-order valence-electron chi connectivity index (χ2n) is 1.35. The van der Waals surface area contributed by atoms with Gasteiger partial charge in [-0.2, -0.15) is 0 Å². The van der Waals surface area contributed by atoms with Crippen molar-refractivity contribution in [3.8, 4) is 0 Å². The Labute approximate surface area is 39.0 Å². The second kappa shape index (κ2) is 2.58. The SMILES string of the molecule is C[C](C)C[S]. The molecule has 0 nitrogen and oxygen atoms in total. The summed E-state index contributed by atoms with van der Waals surface area (Å²) in [4.78, 5) is 0. The van der Waals surface area contributed by atoms with Gasteiger partial charge in [-0.15, -0.1) is 0 Å². The fraction of sp³-hybridized carbons (Fsp3) is 0.750. The van der Waals surface area contributed by atoms with Crippen LogP contribution in [0.3, 0.4) is 0 Å². The Morgan fingerprint density at radius 2 is 1.80 bits per heavy atom. The highest BCUT2D eigenvalue weighted by molar-refractivity contribution is 7.80. The largest absolute Gasteiger partial charge is 0.0936 e. The molecule has 0 saturated carbocycles. The van der Waals surface area contributed by atoms with Crippen molar-refractivity contribution in [2.75, 3.05) is 5.75 Å². The van der Waals surface area contributed by atoms with Gasteiger partial charge in [-0.05, 0) is 5.92 Å². The molecular formula is C4H8S. The molecule has 0 rings (SSSR count). The molecule has 0 fully saturated rings. The van der Waals surface area contributed by atoms with Crippen LogP contribution < -0.4 is 0 Å². The summed E-state index contributed by atoms with van der Waals surface area (Å²) in [7, 11) is 0. The topological polar surface area (TPSA) is 0 Å². The van der Waals surface area contributed by atoms with E-state index in [9.17, 15) is 0 Å². The average Bonchev–Trinajstić information content (AvgIpc) is 1.38. The van der Waals surface area contributed by atoms with Crippen molar-refractivity contribution in [1.82, 2.24) is 0 Å². The molecule has 0 aliphatic rings. The van der Waals surface area contributed by atoms with Crippen LogP contribution in [0, 0.1) is 5.92 Å². The first-order chi connectivity index (χ1) is 2.27. The molecule has 0 spiro atoms. The van der Waals surface area contributed by atoms with Crippen molar-refractivity contribution in [3.05, 3.63) is 5.92 Å². The van der Waals surface area contributed by atoms with Crippen LogP contribution in [-0.4, -0.2) is 5.75 Å². The summed E-state index contributed by atoms with van der Waals surface area (Å²) < 4.78 is 0. The van der Waals surface area contributed by atoms with Crippen molar-refractivity contribution in [3.63, 3.8) is 0 Å². The number of hydrogen-bond donors (Lipinski definition) is 0. The Hall–Kier alpha value is 0.350. The first kappa shape index (κ1) is 5.35. The van der Waals surface area contributed by atoms with Gasteiger partial charge in [0.2, 0.25) is 0 Å². The summed E-state index contributed by atoms with van der Waals surface area (Å²) in [6, 6.07) is 0. The van der Waals surface area contributed by atoms with E-state index in [4.69, 9.17) is 0 Å². The van der Waals surface area contributed by atoms with Crippen molar-refractivity contribution < 1.29 is 0 Å². The third-order valence-corrected chi connectivity index (χ3v) is 0.866. The van der Waals surface area contributed by atoms with Gasteiger partial charge in [0.25, 0.3) is 0 Å². The van der Waals surface area contributed by atoms with Gasteiger partial charge in [0.1, 0.15) is 0 Å². The average molecular weight is 88.2 g/mol. The molecule has 0 atom stereocenters. The zero-order valence-electron chi connectivity index (χ0n) is 3.62. The minimum absolute atomic E-state index is 0.806. The molecule has 0 aromatic carbocycles. The van der Waals surface area contributed by atoms with Gasteiger partial charge in [-0.25, -0.2) is 0 Å². The molecule has 0 aromatic heterocycles. The van der Waals surface area contributed by atoms with Gasteiger partial charge < -0.3 is 0 Å². The third kappa shape index (κ3) is 4.35. The van der Waals surface area contributed by atoms with Crippen LogP contribution in [0.4, 0.5) is 0 Å². The third-order valence-electron chi connectivity index (χ3n) is 0.289. The van der Waals surface area contributed by atoms with Crippen molar-refractivity contribution in [1.29, 1.82) is 0 Å². The van der Waals surface area contributed by atoms with Gasteiger partial charge in [0.05, 0.1) is 0 Å². The molecule has 0 N–H and O–H groups in total. The Morgan fingerprint density at radius 1 is 1.60 bits per heavy atom. The van der Waals surface area contributed by atoms with E-state index in [-0.39, 0.29) is 0 Å². The molecule has 0 aliphatic heterocycles. The van der Waals surface area contributed by atoms with Gasteiger partial charge in [-0.3, -0.25) is 0 Å². The lowest BCUT2D eigenvalue weighted by Gasteiger charge is -1.87. The van der Waals surface area contributed by atoms with Crippen LogP contribution >= 0.6 is 12.6 Å². The van der Waals surface area contributed by atoms with Crippen LogP contribution in [0.5, 0.6) is 0 Å². The summed E-state index contributed by atoms with van der Waals surface area (Å²) in [5, 5.41) is 0. The highest BCUT2D eigenvalue weighted by Crippen LogP contribution is 1.94. The molecule has 30 valence electrons. The van der Waals surface area contributed by atoms with E-state index in [2.05, 4.69) is 12.6 Å². The first-order valence-electron chi connectivity index (χ1n) is 1.64.